The maximum Gasteiger partial charge on any atom is 0.305 e. The zero-order chi connectivity index (χ0) is 36.0. The van der Waals surface area contributed by atoms with Gasteiger partial charge in [0.1, 0.15) is 19.3 Å². The summed E-state index contributed by atoms with van der Waals surface area (Å²) in [5.41, 5.74) is 0. The van der Waals surface area contributed by atoms with Crippen LogP contribution in [0, 0.1) is 5.92 Å². The van der Waals surface area contributed by atoms with Crippen LogP contribution in [0.15, 0.2) is 60.8 Å². The minimum atomic E-state index is -0.997. The lowest BCUT2D eigenvalue weighted by Crippen LogP contribution is -2.25. The molecule has 0 aromatic carbocycles. The van der Waals surface area contributed by atoms with E-state index in [0.29, 0.717) is 19.3 Å². The summed E-state index contributed by atoms with van der Waals surface area (Å²) < 4.78 is 10.3. The van der Waals surface area contributed by atoms with Crippen molar-refractivity contribution in [3.63, 3.8) is 0 Å². The fraction of sp³-hybridized carbons (Fsp3) is 0.721. The molecule has 0 aliphatic carbocycles. The third kappa shape index (κ3) is 38.2. The van der Waals surface area contributed by atoms with E-state index in [0.717, 1.165) is 57.3 Å². The summed E-state index contributed by atoms with van der Waals surface area (Å²) in [5.74, 6) is 0.195. The minimum absolute atomic E-state index is 0.143. The number of rotatable bonds is 34. The molecule has 49 heavy (non-hydrogen) atoms. The highest BCUT2D eigenvalue weighted by Gasteiger charge is 2.12. The molecule has 2 N–H and O–H groups in total. The third-order valence-corrected chi connectivity index (χ3v) is 8.35. The van der Waals surface area contributed by atoms with Crippen molar-refractivity contribution < 1.29 is 29.3 Å². The number of hydrogen-bond acceptors (Lipinski definition) is 6. The molecule has 0 aromatic rings. The third-order valence-electron chi connectivity index (χ3n) is 8.35. The largest absolute Gasteiger partial charge is 0.463 e. The second-order valence-electron chi connectivity index (χ2n) is 13.7. The van der Waals surface area contributed by atoms with Gasteiger partial charge >= 0.3 is 11.9 Å². The van der Waals surface area contributed by atoms with Gasteiger partial charge in [0.15, 0.2) is 0 Å². The predicted octanol–water partition coefficient (Wildman–Crippen LogP) is 11.2. The molecule has 0 fully saturated rings. The Labute approximate surface area is 301 Å². The van der Waals surface area contributed by atoms with Gasteiger partial charge in [0, 0.05) is 12.8 Å². The molecule has 6 heteroatoms. The van der Waals surface area contributed by atoms with E-state index in [1.807, 2.05) is 19.1 Å². The molecular weight excluding hydrogens is 612 g/mol. The second-order valence-corrected chi connectivity index (χ2v) is 13.7. The lowest BCUT2D eigenvalue weighted by molar-refractivity contribution is -0.152. The van der Waals surface area contributed by atoms with Crippen LogP contribution in [0.1, 0.15) is 168 Å². The van der Waals surface area contributed by atoms with E-state index in [1.54, 1.807) is 6.08 Å². The number of carbonyl (C=O) groups excluding carboxylic acids is 2. The molecule has 0 unspecified atom stereocenters. The lowest BCUT2D eigenvalue weighted by Gasteiger charge is -2.12. The van der Waals surface area contributed by atoms with Crippen molar-refractivity contribution >= 4 is 11.9 Å². The zero-order valence-electron chi connectivity index (χ0n) is 31.7. The summed E-state index contributed by atoms with van der Waals surface area (Å²) >= 11 is 0. The van der Waals surface area contributed by atoms with Gasteiger partial charge < -0.3 is 19.7 Å². The van der Waals surface area contributed by atoms with Crippen LogP contribution >= 0.6 is 0 Å². The van der Waals surface area contributed by atoms with E-state index in [4.69, 9.17) is 9.47 Å². The molecule has 0 aliphatic heterocycles. The van der Waals surface area contributed by atoms with E-state index >= 15 is 0 Å². The van der Waals surface area contributed by atoms with Gasteiger partial charge in [-0.3, -0.25) is 9.59 Å². The highest BCUT2D eigenvalue weighted by molar-refractivity contribution is 5.69. The number of ether oxygens (including phenoxy) is 2. The van der Waals surface area contributed by atoms with Gasteiger partial charge in [-0.25, -0.2) is 0 Å². The fourth-order valence-electron chi connectivity index (χ4n) is 5.20. The molecule has 282 valence electrons. The van der Waals surface area contributed by atoms with Gasteiger partial charge in [-0.05, 0) is 50.9 Å². The Kier molecular flexibility index (Phi) is 35.0. The Morgan fingerprint density at radius 3 is 1.47 bits per heavy atom. The normalized spacial score (nSPS) is 13.6. The van der Waals surface area contributed by atoms with Crippen molar-refractivity contribution in [1.29, 1.82) is 0 Å². The smallest absolute Gasteiger partial charge is 0.305 e. The van der Waals surface area contributed by atoms with E-state index in [2.05, 4.69) is 56.4 Å². The summed E-state index contributed by atoms with van der Waals surface area (Å²) in [6.45, 7) is 6.27. The fourth-order valence-corrected chi connectivity index (χ4v) is 5.20. The Morgan fingerprint density at radius 2 is 0.980 bits per heavy atom. The summed E-state index contributed by atoms with van der Waals surface area (Å²) in [4.78, 5) is 23.9. The quantitative estimate of drug-likeness (QED) is 0.0303. The molecular formula is C43H74O6. The highest BCUT2D eigenvalue weighted by atomic mass is 16.6. The first-order valence-electron chi connectivity index (χ1n) is 19.8. The van der Waals surface area contributed by atoms with Gasteiger partial charge in [-0.1, -0.05) is 171 Å². The van der Waals surface area contributed by atoms with Crippen LogP contribution in [-0.2, 0) is 19.1 Å². The van der Waals surface area contributed by atoms with Gasteiger partial charge in [0.2, 0.25) is 0 Å². The summed E-state index contributed by atoms with van der Waals surface area (Å²) in [6.07, 6.45) is 43.7. The van der Waals surface area contributed by atoms with Gasteiger partial charge in [-0.2, -0.15) is 0 Å². The number of allylic oxidation sites excluding steroid dienone is 9. The average molecular weight is 687 g/mol. The maximum atomic E-state index is 12.0. The molecule has 0 aromatic heterocycles. The first-order valence-corrected chi connectivity index (χ1v) is 19.8. The van der Waals surface area contributed by atoms with E-state index in [-0.39, 0.29) is 31.3 Å². The molecule has 0 rings (SSSR count). The van der Waals surface area contributed by atoms with E-state index in [1.165, 1.54) is 77.0 Å². The Hall–Kier alpha value is -2.44. The Morgan fingerprint density at radius 1 is 0.551 bits per heavy atom. The highest BCUT2D eigenvalue weighted by Crippen LogP contribution is 2.15. The minimum Gasteiger partial charge on any atom is -0.463 e. The number of aliphatic hydroxyl groups is 2. The van der Waals surface area contributed by atoms with Crippen molar-refractivity contribution in [2.24, 2.45) is 5.92 Å². The summed E-state index contributed by atoms with van der Waals surface area (Å²) in [5, 5.41) is 19.4. The number of hydrogen-bond donors (Lipinski definition) is 2. The number of esters is 2. The molecule has 2 atom stereocenters. The molecule has 0 radical (unpaired) electrons. The summed E-state index contributed by atoms with van der Waals surface area (Å²) in [7, 11) is 0. The molecule has 0 saturated carbocycles. The van der Waals surface area contributed by atoms with Crippen LogP contribution < -0.4 is 0 Å². The van der Waals surface area contributed by atoms with Crippen LogP contribution in [-0.4, -0.2) is 47.6 Å². The molecule has 6 nitrogen and oxygen atoms in total. The topological polar surface area (TPSA) is 93.1 Å². The van der Waals surface area contributed by atoms with Crippen LogP contribution in [0.4, 0.5) is 0 Å². The summed E-state index contributed by atoms with van der Waals surface area (Å²) in [6, 6.07) is 0. The molecule has 0 amide bonds. The molecule has 0 aliphatic rings. The molecule has 0 saturated heterocycles. The Balaban J connectivity index is 3.55. The monoisotopic (exact) mass is 687 g/mol. The first kappa shape index (κ1) is 46.6. The van der Waals surface area contributed by atoms with Gasteiger partial charge in [-0.15, -0.1) is 0 Å². The standard InChI is InChI=1S/C43H74O6/c1-4-40(44)34-30-26-22-18-14-10-6-8-12-16-20-24-28-32-36-43(47)49-38-41(45)37-48-42(46)35-31-27-23-19-15-11-7-5-9-13-17-21-25-29-33-39(2)3/h8,10,12,14,20,22,24,26,30,34,39-41,44-45H,4-7,9,11,13,15-19,21,23,25,27-29,31-33,35-38H2,1-3H3/b12-8-,14-10-,24-20-,26-22-,34-30+/t40-,41+/m0/s1. The molecule has 0 heterocycles. The van der Waals surface area contributed by atoms with Crippen molar-refractivity contribution in [3.05, 3.63) is 60.8 Å². The number of unbranched alkanes of at least 4 members (excludes halogenated alkanes) is 14. The van der Waals surface area contributed by atoms with Crippen molar-refractivity contribution in [2.45, 2.75) is 181 Å². The number of aliphatic hydroxyl groups excluding tert-OH is 2. The Bertz CT molecular complexity index is 900. The van der Waals surface area contributed by atoms with Crippen LogP contribution in [0.3, 0.4) is 0 Å². The van der Waals surface area contributed by atoms with E-state index < -0.39 is 6.10 Å². The van der Waals surface area contributed by atoms with Crippen molar-refractivity contribution in [3.8, 4) is 0 Å². The average Bonchev–Trinajstić information content (AvgIpc) is 3.09. The van der Waals surface area contributed by atoms with Gasteiger partial charge in [0.05, 0.1) is 6.10 Å². The van der Waals surface area contributed by atoms with Crippen molar-refractivity contribution in [2.75, 3.05) is 13.2 Å². The molecule has 0 bridgehead atoms. The predicted molar refractivity (Wildman–Crippen MR) is 206 cm³/mol. The van der Waals surface area contributed by atoms with E-state index in [9.17, 15) is 19.8 Å². The zero-order valence-corrected chi connectivity index (χ0v) is 31.7. The van der Waals surface area contributed by atoms with Crippen LogP contribution in [0.2, 0.25) is 0 Å². The van der Waals surface area contributed by atoms with Crippen LogP contribution in [0.5, 0.6) is 0 Å². The second kappa shape index (κ2) is 36.8. The van der Waals surface area contributed by atoms with Gasteiger partial charge in [0.25, 0.3) is 0 Å². The van der Waals surface area contributed by atoms with Crippen LogP contribution in [0.25, 0.3) is 0 Å². The number of carbonyl (C=O) groups is 2. The SMILES string of the molecule is CC[C@H](O)/C=C/C=C\C/C=C\C/C=C\C/C=C\CCCC(=O)OC[C@H](O)COC(=O)CCCCCCCCCCCCCCCCC(C)C. The molecule has 0 spiro atoms. The first-order chi connectivity index (χ1) is 23.8. The lowest BCUT2D eigenvalue weighted by atomic mass is 10.0. The maximum absolute atomic E-state index is 12.0. The van der Waals surface area contributed by atoms with Crippen molar-refractivity contribution in [1.82, 2.24) is 0 Å².